The van der Waals surface area contributed by atoms with Gasteiger partial charge >= 0.3 is 5.97 Å². The number of carbonyl (C=O) groups excluding carboxylic acids is 2. The molecule has 0 spiro atoms. The second-order valence-electron chi connectivity index (χ2n) is 5.52. The summed E-state index contributed by atoms with van der Waals surface area (Å²) >= 11 is 0. The maximum absolute atomic E-state index is 13.6. The van der Waals surface area contributed by atoms with Gasteiger partial charge in [-0.15, -0.1) is 0 Å². The number of nitrogens with one attached hydrogen (secondary N) is 1. The van der Waals surface area contributed by atoms with Crippen molar-refractivity contribution in [2.45, 2.75) is 20.0 Å². The summed E-state index contributed by atoms with van der Waals surface area (Å²) in [6.07, 6.45) is -1.12. The van der Waals surface area contributed by atoms with Gasteiger partial charge in [-0.2, -0.15) is 0 Å². The number of hydrogen-bond acceptors (Lipinski definition) is 5. The molecule has 0 aliphatic heterocycles. The molecular formula is C19H20FNO5. The number of rotatable bonds is 6. The lowest BCUT2D eigenvalue weighted by molar-refractivity contribution is -0.123. The molecule has 0 aliphatic rings. The van der Waals surface area contributed by atoms with Crippen molar-refractivity contribution in [3.05, 3.63) is 53.3 Å². The first-order valence-corrected chi connectivity index (χ1v) is 7.86. The van der Waals surface area contributed by atoms with Crippen molar-refractivity contribution < 1.29 is 28.2 Å². The zero-order valence-corrected chi connectivity index (χ0v) is 15.0. The van der Waals surface area contributed by atoms with Crippen LogP contribution in [0.25, 0.3) is 0 Å². The fraction of sp³-hybridized carbons (Fsp3) is 0.263. The van der Waals surface area contributed by atoms with E-state index in [1.807, 2.05) is 0 Å². The van der Waals surface area contributed by atoms with Crippen LogP contribution in [0.15, 0.2) is 36.4 Å². The molecule has 26 heavy (non-hydrogen) atoms. The van der Waals surface area contributed by atoms with Gasteiger partial charge in [0.25, 0.3) is 5.91 Å². The maximum Gasteiger partial charge on any atom is 0.339 e. The molecule has 0 saturated heterocycles. The van der Waals surface area contributed by atoms with Crippen molar-refractivity contribution in [3.8, 4) is 11.5 Å². The SMILES string of the molecule is COc1cc(C(=O)O[C@H](C)C(=O)Nc2ccccc2F)cc(OC)c1C. The zero-order chi connectivity index (χ0) is 19.3. The predicted octanol–water partition coefficient (Wildman–Crippen LogP) is 3.34. The van der Waals surface area contributed by atoms with Crippen LogP contribution in [0, 0.1) is 12.7 Å². The van der Waals surface area contributed by atoms with E-state index in [4.69, 9.17) is 14.2 Å². The molecule has 0 aromatic heterocycles. The Bertz CT molecular complexity index is 796. The molecule has 2 aromatic rings. The molecule has 1 N–H and O–H groups in total. The van der Waals surface area contributed by atoms with Crippen molar-refractivity contribution in [1.82, 2.24) is 0 Å². The van der Waals surface area contributed by atoms with Crippen molar-refractivity contribution in [1.29, 1.82) is 0 Å². The number of anilines is 1. The van der Waals surface area contributed by atoms with Gasteiger partial charge < -0.3 is 19.5 Å². The smallest absolute Gasteiger partial charge is 0.339 e. The van der Waals surface area contributed by atoms with Crippen LogP contribution in [-0.2, 0) is 9.53 Å². The second kappa shape index (κ2) is 8.33. The number of para-hydroxylation sites is 1. The molecule has 0 aliphatic carbocycles. The van der Waals surface area contributed by atoms with E-state index in [1.165, 1.54) is 51.5 Å². The Balaban J connectivity index is 2.11. The Morgan fingerprint density at radius 3 is 2.19 bits per heavy atom. The molecule has 6 nitrogen and oxygen atoms in total. The van der Waals surface area contributed by atoms with E-state index in [2.05, 4.69) is 5.32 Å². The molecule has 2 rings (SSSR count). The molecule has 1 atom stereocenters. The van der Waals surface area contributed by atoms with E-state index in [-0.39, 0.29) is 11.3 Å². The van der Waals surface area contributed by atoms with Gasteiger partial charge in [-0.05, 0) is 38.1 Å². The minimum absolute atomic E-state index is 0.0130. The molecule has 0 fully saturated rings. The summed E-state index contributed by atoms with van der Waals surface area (Å²) in [6.45, 7) is 3.19. The lowest BCUT2D eigenvalue weighted by Crippen LogP contribution is -2.30. The van der Waals surface area contributed by atoms with Gasteiger partial charge in [-0.1, -0.05) is 12.1 Å². The molecule has 7 heteroatoms. The van der Waals surface area contributed by atoms with E-state index in [0.717, 1.165) is 5.56 Å². The largest absolute Gasteiger partial charge is 0.496 e. The first-order valence-electron chi connectivity index (χ1n) is 7.86. The zero-order valence-electron chi connectivity index (χ0n) is 15.0. The third-order valence-electron chi connectivity index (χ3n) is 3.77. The van der Waals surface area contributed by atoms with Gasteiger partial charge in [-0.25, -0.2) is 9.18 Å². The number of amides is 1. The van der Waals surface area contributed by atoms with Crippen LogP contribution in [-0.4, -0.2) is 32.2 Å². The minimum atomic E-state index is -1.12. The summed E-state index contributed by atoms with van der Waals surface area (Å²) < 4.78 is 29.2. The standard InChI is InChI=1S/C19H20FNO5/c1-11-16(24-3)9-13(10-17(11)25-4)19(23)26-12(2)18(22)21-15-8-6-5-7-14(15)20/h5-10,12H,1-4H3,(H,21,22)/t12-/m1/s1. The van der Waals surface area contributed by atoms with Crippen molar-refractivity contribution in [2.24, 2.45) is 0 Å². The molecule has 0 radical (unpaired) electrons. The molecule has 138 valence electrons. The summed E-state index contributed by atoms with van der Waals surface area (Å²) in [6, 6.07) is 8.73. The molecular weight excluding hydrogens is 341 g/mol. The van der Waals surface area contributed by atoms with Crippen LogP contribution >= 0.6 is 0 Å². The van der Waals surface area contributed by atoms with Crippen molar-refractivity contribution in [3.63, 3.8) is 0 Å². The third kappa shape index (κ3) is 4.30. The lowest BCUT2D eigenvalue weighted by Gasteiger charge is -2.15. The Morgan fingerprint density at radius 1 is 1.08 bits per heavy atom. The molecule has 0 heterocycles. The predicted molar refractivity (Wildman–Crippen MR) is 94.2 cm³/mol. The average molecular weight is 361 g/mol. The van der Waals surface area contributed by atoms with E-state index >= 15 is 0 Å². The molecule has 0 unspecified atom stereocenters. The number of halogens is 1. The summed E-state index contributed by atoms with van der Waals surface area (Å²) in [7, 11) is 2.95. The van der Waals surface area contributed by atoms with Crippen LogP contribution < -0.4 is 14.8 Å². The number of ether oxygens (including phenoxy) is 3. The molecule has 0 bridgehead atoms. The Kier molecular flexibility index (Phi) is 6.16. The summed E-state index contributed by atoms with van der Waals surface area (Å²) in [4.78, 5) is 24.5. The molecule has 1 amide bonds. The third-order valence-corrected chi connectivity index (χ3v) is 3.77. The number of methoxy groups -OCH3 is 2. The Morgan fingerprint density at radius 2 is 1.65 bits per heavy atom. The highest BCUT2D eigenvalue weighted by Gasteiger charge is 2.21. The highest BCUT2D eigenvalue weighted by Crippen LogP contribution is 2.29. The maximum atomic E-state index is 13.6. The van der Waals surface area contributed by atoms with Crippen LogP contribution in [0.3, 0.4) is 0 Å². The molecule has 2 aromatic carbocycles. The topological polar surface area (TPSA) is 73.9 Å². The highest BCUT2D eigenvalue weighted by atomic mass is 19.1. The quantitative estimate of drug-likeness (QED) is 0.799. The number of hydrogen-bond donors (Lipinski definition) is 1. The number of esters is 1. The van der Waals surface area contributed by atoms with Crippen molar-refractivity contribution in [2.75, 3.05) is 19.5 Å². The summed E-state index contributed by atoms with van der Waals surface area (Å²) in [5.74, 6) is -1.03. The Labute approximate surface area is 150 Å². The van der Waals surface area contributed by atoms with Gasteiger partial charge in [0.1, 0.15) is 17.3 Å². The van der Waals surface area contributed by atoms with E-state index in [0.29, 0.717) is 11.5 Å². The van der Waals surface area contributed by atoms with Gasteiger partial charge in [-0.3, -0.25) is 4.79 Å². The van der Waals surface area contributed by atoms with Gasteiger partial charge in [0, 0.05) is 5.56 Å². The minimum Gasteiger partial charge on any atom is -0.496 e. The highest BCUT2D eigenvalue weighted by molar-refractivity contribution is 5.97. The van der Waals surface area contributed by atoms with Crippen LogP contribution in [0.2, 0.25) is 0 Å². The Hall–Kier alpha value is -3.09. The van der Waals surface area contributed by atoms with Crippen LogP contribution in [0.5, 0.6) is 11.5 Å². The monoisotopic (exact) mass is 361 g/mol. The van der Waals surface area contributed by atoms with Crippen molar-refractivity contribution >= 4 is 17.6 Å². The van der Waals surface area contributed by atoms with E-state index in [1.54, 1.807) is 13.0 Å². The average Bonchev–Trinajstić information content (AvgIpc) is 2.63. The second-order valence-corrected chi connectivity index (χ2v) is 5.52. The molecule has 0 saturated carbocycles. The first-order chi connectivity index (χ1) is 12.4. The lowest BCUT2D eigenvalue weighted by atomic mass is 10.1. The van der Waals surface area contributed by atoms with E-state index in [9.17, 15) is 14.0 Å². The summed E-state index contributed by atoms with van der Waals surface area (Å²) in [5.41, 5.74) is 0.922. The van der Waals surface area contributed by atoms with Crippen LogP contribution in [0.1, 0.15) is 22.8 Å². The number of benzene rings is 2. The normalized spacial score (nSPS) is 11.4. The summed E-state index contributed by atoms with van der Waals surface area (Å²) in [5, 5.41) is 2.38. The van der Waals surface area contributed by atoms with Gasteiger partial charge in [0.2, 0.25) is 0 Å². The van der Waals surface area contributed by atoms with Crippen LogP contribution in [0.4, 0.5) is 10.1 Å². The fourth-order valence-electron chi connectivity index (χ4n) is 2.28. The van der Waals surface area contributed by atoms with E-state index < -0.39 is 23.8 Å². The number of carbonyl (C=O) groups is 2. The van der Waals surface area contributed by atoms with Gasteiger partial charge in [0.15, 0.2) is 6.10 Å². The fourth-order valence-corrected chi connectivity index (χ4v) is 2.28. The van der Waals surface area contributed by atoms with Gasteiger partial charge in [0.05, 0.1) is 25.5 Å². The first kappa shape index (κ1) is 19.2.